The van der Waals surface area contributed by atoms with Gasteiger partial charge in [-0.05, 0) is 31.2 Å². The summed E-state index contributed by atoms with van der Waals surface area (Å²) in [7, 11) is 0. The minimum absolute atomic E-state index is 0.323. The van der Waals surface area contributed by atoms with Crippen molar-refractivity contribution in [1.29, 1.82) is 0 Å². The molecule has 2 heterocycles. The Hall–Kier alpha value is -0.510. The van der Waals surface area contributed by atoms with Gasteiger partial charge in [0.05, 0.1) is 22.2 Å². The van der Waals surface area contributed by atoms with Crippen LogP contribution in [0.4, 0.5) is 5.82 Å². The number of nitrogens with one attached hydrogen (secondary N) is 1. The van der Waals surface area contributed by atoms with E-state index in [9.17, 15) is 0 Å². The molecular weight excluding hydrogens is 259 g/mol. The van der Waals surface area contributed by atoms with Crippen LogP contribution in [-0.4, -0.2) is 23.7 Å². The van der Waals surface area contributed by atoms with Crippen molar-refractivity contribution in [3.05, 3.63) is 22.3 Å². The molecule has 5 heteroatoms. The number of nitrogens with zero attached hydrogens (tertiary/aromatic N) is 1. The quantitative estimate of drug-likeness (QED) is 0.916. The minimum Gasteiger partial charge on any atom is -0.376 e. The fourth-order valence-corrected chi connectivity index (χ4v) is 2.79. The summed E-state index contributed by atoms with van der Waals surface area (Å²) in [6.45, 7) is 0.823. The van der Waals surface area contributed by atoms with Crippen molar-refractivity contribution >= 4 is 29.0 Å². The van der Waals surface area contributed by atoms with Gasteiger partial charge >= 0.3 is 0 Å². The number of halogens is 2. The van der Waals surface area contributed by atoms with E-state index in [1.807, 2.05) is 0 Å². The maximum absolute atomic E-state index is 6.10. The number of pyridine rings is 1. The first kappa shape index (κ1) is 11.6. The molecule has 17 heavy (non-hydrogen) atoms. The van der Waals surface area contributed by atoms with Gasteiger partial charge in [-0.2, -0.15) is 0 Å². The molecule has 92 valence electrons. The Labute approximate surface area is 110 Å². The zero-order valence-corrected chi connectivity index (χ0v) is 10.8. The van der Waals surface area contributed by atoms with Crippen LogP contribution in [0.1, 0.15) is 19.3 Å². The van der Waals surface area contributed by atoms with E-state index in [0.29, 0.717) is 28.0 Å². The SMILES string of the molecule is Clc1cnc(NC2CCOC2C2CC2)c(Cl)c1. The Balaban J connectivity index is 1.72. The van der Waals surface area contributed by atoms with E-state index >= 15 is 0 Å². The maximum atomic E-state index is 6.10. The normalized spacial score (nSPS) is 28.4. The number of hydrogen-bond donors (Lipinski definition) is 1. The van der Waals surface area contributed by atoms with E-state index in [4.69, 9.17) is 27.9 Å². The van der Waals surface area contributed by atoms with Crippen LogP contribution >= 0.6 is 23.2 Å². The standard InChI is InChI=1S/C12H14Cl2N2O/c13-8-5-9(14)12(15-6-8)16-10-3-4-17-11(10)7-1-2-7/h5-7,10-11H,1-4H2,(H,15,16). The summed E-state index contributed by atoms with van der Waals surface area (Å²) in [5.74, 6) is 1.43. The summed E-state index contributed by atoms with van der Waals surface area (Å²) >= 11 is 11.9. The predicted molar refractivity (Wildman–Crippen MR) is 68.7 cm³/mol. The van der Waals surface area contributed by atoms with Gasteiger partial charge in [0.15, 0.2) is 0 Å². The molecule has 1 N–H and O–H groups in total. The van der Waals surface area contributed by atoms with Crippen molar-refractivity contribution in [2.45, 2.75) is 31.4 Å². The van der Waals surface area contributed by atoms with Gasteiger partial charge in [0.25, 0.3) is 0 Å². The Morgan fingerprint density at radius 2 is 2.12 bits per heavy atom. The lowest BCUT2D eigenvalue weighted by molar-refractivity contribution is 0.0898. The van der Waals surface area contributed by atoms with E-state index in [2.05, 4.69) is 10.3 Å². The van der Waals surface area contributed by atoms with Gasteiger partial charge < -0.3 is 10.1 Å². The summed E-state index contributed by atoms with van der Waals surface area (Å²) in [5.41, 5.74) is 0. The summed E-state index contributed by atoms with van der Waals surface area (Å²) in [5, 5.41) is 4.51. The molecule has 1 aromatic heterocycles. The van der Waals surface area contributed by atoms with Gasteiger partial charge in [0.1, 0.15) is 5.82 Å². The molecule has 1 aliphatic heterocycles. The molecule has 0 bridgehead atoms. The maximum Gasteiger partial charge on any atom is 0.145 e. The molecule has 1 saturated heterocycles. The molecule has 0 aromatic carbocycles. The largest absolute Gasteiger partial charge is 0.376 e. The first-order valence-corrected chi connectivity index (χ1v) is 6.69. The molecule has 2 fully saturated rings. The molecule has 0 radical (unpaired) electrons. The molecule has 1 aliphatic carbocycles. The third-order valence-electron chi connectivity index (χ3n) is 3.35. The number of anilines is 1. The average Bonchev–Trinajstić information content (AvgIpc) is 3.03. The molecule has 0 spiro atoms. The minimum atomic E-state index is 0.323. The summed E-state index contributed by atoms with van der Waals surface area (Å²) in [6.07, 6.45) is 5.51. The lowest BCUT2D eigenvalue weighted by atomic mass is 10.1. The van der Waals surface area contributed by atoms with Crippen molar-refractivity contribution in [3.8, 4) is 0 Å². The number of aromatic nitrogens is 1. The van der Waals surface area contributed by atoms with E-state index in [1.54, 1.807) is 12.3 Å². The zero-order valence-electron chi connectivity index (χ0n) is 9.33. The molecule has 3 rings (SSSR count). The highest BCUT2D eigenvalue weighted by molar-refractivity contribution is 6.35. The second kappa shape index (κ2) is 4.63. The highest BCUT2D eigenvalue weighted by Gasteiger charge is 2.40. The predicted octanol–water partition coefficient (Wildman–Crippen LogP) is 3.37. The molecule has 2 atom stereocenters. The van der Waals surface area contributed by atoms with Crippen LogP contribution in [0.2, 0.25) is 10.0 Å². The van der Waals surface area contributed by atoms with Crippen molar-refractivity contribution in [2.24, 2.45) is 5.92 Å². The average molecular weight is 273 g/mol. The van der Waals surface area contributed by atoms with E-state index in [0.717, 1.165) is 18.9 Å². The van der Waals surface area contributed by atoms with E-state index in [1.165, 1.54) is 12.8 Å². The Morgan fingerprint density at radius 3 is 2.82 bits per heavy atom. The van der Waals surface area contributed by atoms with Crippen molar-refractivity contribution in [2.75, 3.05) is 11.9 Å². The molecule has 2 aliphatic rings. The highest BCUT2D eigenvalue weighted by Crippen LogP contribution is 2.40. The third kappa shape index (κ3) is 2.51. The van der Waals surface area contributed by atoms with Crippen molar-refractivity contribution < 1.29 is 4.74 Å². The summed E-state index contributed by atoms with van der Waals surface area (Å²) in [6, 6.07) is 2.04. The van der Waals surface area contributed by atoms with Crippen LogP contribution in [0, 0.1) is 5.92 Å². The van der Waals surface area contributed by atoms with Gasteiger partial charge in [0, 0.05) is 12.8 Å². The molecular formula is C12H14Cl2N2O. The first-order chi connectivity index (χ1) is 8.24. The Morgan fingerprint density at radius 1 is 1.29 bits per heavy atom. The van der Waals surface area contributed by atoms with Crippen LogP contribution in [-0.2, 0) is 4.74 Å². The van der Waals surface area contributed by atoms with E-state index in [-0.39, 0.29) is 0 Å². The van der Waals surface area contributed by atoms with Crippen LogP contribution in [0.3, 0.4) is 0 Å². The zero-order chi connectivity index (χ0) is 11.8. The first-order valence-electron chi connectivity index (χ1n) is 5.93. The fraction of sp³-hybridized carbons (Fsp3) is 0.583. The lowest BCUT2D eigenvalue weighted by Gasteiger charge is -2.20. The second-order valence-electron chi connectivity index (χ2n) is 4.70. The topological polar surface area (TPSA) is 34.2 Å². The summed E-state index contributed by atoms with van der Waals surface area (Å²) in [4.78, 5) is 4.22. The highest BCUT2D eigenvalue weighted by atomic mass is 35.5. The van der Waals surface area contributed by atoms with Crippen LogP contribution in [0.25, 0.3) is 0 Å². The van der Waals surface area contributed by atoms with Crippen LogP contribution < -0.4 is 5.32 Å². The lowest BCUT2D eigenvalue weighted by Crippen LogP contribution is -2.31. The smallest absolute Gasteiger partial charge is 0.145 e. The van der Waals surface area contributed by atoms with Crippen molar-refractivity contribution in [3.63, 3.8) is 0 Å². The molecule has 0 amide bonds. The molecule has 1 saturated carbocycles. The van der Waals surface area contributed by atoms with Crippen LogP contribution in [0.5, 0.6) is 0 Å². The van der Waals surface area contributed by atoms with Gasteiger partial charge in [-0.25, -0.2) is 4.98 Å². The molecule has 1 aromatic rings. The number of rotatable bonds is 3. The number of ether oxygens (including phenoxy) is 1. The Bertz CT molecular complexity index is 423. The van der Waals surface area contributed by atoms with E-state index < -0.39 is 0 Å². The second-order valence-corrected chi connectivity index (χ2v) is 5.54. The van der Waals surface area contributed by atoms with Crippen molar-refractivity contribution in [1.82, 2.24) is 4.98 Å². The van der Waals surface area contributed by atoms with Gasteiger partial charge in [-0.15, -0.1) is 0 Å². The Kier molecular flexibility index (Phi) is 3.16. The van der Waals surface area contributed by atoms with Gasteiger partial charge in [-0.3, -0.25) is 0 Å². The number of hydrogen-bond acceptors (Lipinski definition) is 3. The van der Waals surface area contributed by atoms with Gasteiger partial charge in [0.2, 0.25) is 0 Å². The van der Waals surface area contributed by atoms with Crippen LogP contribution in [0.15, 0.2) is 12.3 Å². The molecule has 3 nitrogen and oxygen atoms in total. The third-order valence-corrected chi connectivity index (χ3v) is 3.85. The monoisotopic (exact) mass is 272 g/mol. The molecule has 2 unspecified atom stereocenters. The van der Waals surface area contributed by atoms with Gasteiger partial charge in [-0.1, -0.05) is 23.2 Å². The fourth-order valence-electron chi connectivity index (χ4n) is 2.35. The summed E-state index contributed by atoms with van der Waals surface area (Å²) < 4.78 is 5.77.